The standard InChI is InChI=1S/C26H27F2N3O5/c1-35-25(33)20-15-30(10-9-22(20)29-26(34)36-16-17-5-3-2-4-6-17)11-12-31-23-14-18(27)13-21(28)19(23)7-8-24(31)32/h2-8,13-14,20,22H,9-12,15-16H2,1H3,(H,29,34)/t20-,22-/m1/s1. The molecule has 2 heterocycles. The first-order valence-corrected chi connectivity index (χ1v) is 11.6. The highest BCUT2D eigenvalue weighted by Crippen LogP contribution is 2.21. The number of halogens is 2. The van der Waals surface area contributed by atoms with Gasteiger partial charge in [0.25, 0.3) is 5.56 Å². The molecule has 0 unspecified atom stereocenters. The van der Waals surface area contributed by atoms with Crippen LogP contribution in [0.2, 0.25) is 0 Å². The number of aromatic nitrogens is 1. The van der Waals surface area contributed by atoms with E-state index in [4.69, 9.17) is 9.47 Å². The van der Waals surface area contributed by atoms with Gasteiger partial charge in [0.05, 0.1) is 18.5 Å². The van der Waals surface area contributed by atoms with Crippen LogP contribution < -0.4 is 10.9 Å². The van der Waals surface area contributed by atoms with Gasteiger partial charge in [0.15, 0.2) is 0 Å². The number of esters is 1. The molecule has 0 aliphatic carbocycles. The Morgan fingerprint density at radius 3 is 2.61 bits per heavy atom. The van der Waals surface area contributed by atoms with Crippen molar-refractivity contribution in [3.8, 4) is 0 Å². The quantitative estimate of drug-likeness (QED) is 0.503. The van der Waals surface area contributed by atoms with Gasteiger partial charge < -0.3 is 24.3 Å². The summed E-state index contributed by atoms with van der Waals surface area (Å²) in [4.78, 5) is 39.2. The maximum atomic E-state index is 14.2. The van der Waals surface area contributed by atoms with E-state index in [0.717, 1.165) is 17.7 Å². The van der Waals surface area contributed by atoms with E-state index in [1.807, 2.05) is 35.2 Å². The van der Waals surface area contributed by atoms with Crippen molar-refractivity contribution in [3.05, 3.63) is 82.1 Å². The lowest BCUT2D eigenvalue weighted by Gasteiger charge is -2.37. The Bertz CT molecular complexity index is 1300. The van der Waals surface area contributed by atoms with Crippen LogP contribution in [-0.4, -0.2) is 54.3 Å². The topological polar surface area (TPSA) is 89.9 Å². The molecule has 36 heavy (non-hydrogen) atoms. The molecule has 2 aromatic carbocycles. The van der Waals surface area contributed by atoms with Crippen molar-refractivity contribution in [1.82, 2.24) is 14.8 Å². The number of nitrogens with zero attached hydrogens (tertiary/aromatic N) is 2. The lowest BCUT2D eigenvalue weighted by molar-refractivity contribution is -0.148. The predicted octanol–water partition coefficient (Wildman–Crippen LogP) is 3.07. The summed E-state index contributed by atoms with van der Waals surface area (Å²) in [5.74, 6) is -2.63. The molecule has 3 aromatic rings. The van der Waals surface area contributed by atoms with Crippen LogP contribution in [0.4, 0.5) is 13.6 Å². The van der Waals surface area contributed by atoms with Gasteiger partial charge in [-0.3, -0.25) is 9.59 Å². The number of pyridine rings is 1. The van der Waals surface area contributed by atoms with E-state index in [1.54, 1.807) is 0 Å². The van der Waals surface area contributed by atoms with E-state index in [-0.39, 0.29) is 36.2 Å². The van der Waals surface area contributed by atoms with Crippen molar-refractivity contribution < 1.29 is 27.8 Å². The molecule has 4 rings (SSSR count). The number of benzene rings is 2. The molecule has 1 amide bonds. The largest absolute Gasteiger partial charge is 0.469 e. The van der Waals surface area contributed by atoms with E-state index >= 15 is 0 Å². The number of carbonyl (C=O) groups is 2. The molecule has 8 nitrogen and oxygen atoms in total. The first-order chi connectivity index (χ1) is 17.4. The molecule has 1 fully saturated rings. The second-order valence-corrected chi connectivity index (χ2v) is 8.68. The molecule has 0 saturated carbocycles. The number of ether oxygens (including phenoxy) is 2. The van der Waals surface area contributed by atoms with Gasteiger partial charge >= 0.3 is 12.1 Å². The molecule has 0 spiro atoms. The van der Waals surface area contributed by atoms with Gasteiger partial charge in [-0.2, -0.15) is 0 Å². The molecular weight excluding hydrogens is 472 g/mol. The fourth-order valence-corrected chi connectivity index (χ4v) is 4.50. The van der Waals surface area contributed by atoms with Crippen LogP contribution >= 0.6 is 0 Å². The maximum Gasteiger partial charge on any atom is 0.407 e. The highest BCUT2D eigenvalue weighted by atomic mass is 19.1. The van der Waals surface area contributed by atoms with Crippen molar-refractivity contribution >= 4 is 23.0 Å². The Morgan fingerprint density at radius 1 is 1.08 bits per heavy atom. The number of hydrogen-bond acceptors (Lipinski definition) is 6. The van der Waals surface area contributed by atoms with Gasteiger partial charge in [-0.05, 0) is 24.1 Å². The van der Waals surface area contributed by atoms with E-state index in [2.05, 4.69) is 5.32 Å². The van der Waals surface area contributed by atoms with E-state index in [9.17, 15) is 23.2 Å². The van der Waals surface area contributed by atoms with Gasteiger partial charge in [-0.1, -0.05) is 30.3 Å². The van der Waals surface area contributed by atoms with Crippen LogP contribution in [0.15, 0.2) is 59.4 Å². The summed E-state index contributed by atoms with van der Waals surface area (Å²) in [6.45, 7) is 1.44. The number of piperidine rings is 1. The van der Waals surface area contributed by atoms with Gasteiger partial charge in [-0.25, -0.2) is 13.6 Å². The van der Waals surface area contributed by atoms with Gasteiger partial charge in [0.1, 0.15) is 18.2 Å². The molecule has 0 bridgehead atoms. The minimum atomic E-state index is -0.767. The normalized spacial score (nSPS) is 18.1. The van der Waals surface area contributed by atoms with Gasteiger partial charge in [-0.15, -0.1) is 0 Å². The maximum absolute atomic E-state index is 14.2. The molecule has 1 aromatic heterocycles. The summed E-state index contributed by atoms with van der Waals surface area (Å²) in [6, 6.07) is 13.3. The fraction of sp³-hybridized carbons (Fsp3) is 0.346. The number of likely N-dealkylation sites (tertiary alicyclic amines) is 1. The highest BCUT2D eigenvalue weighted by molar-refractivity contribution is 5.79. The second-order valence-electron chi connectivity index (χ2n) is 8.68. The molecule has 1 aliphatic rings. The van der Waals surface area contributed by atoms with Gasteiger partial charge in [0.2, 0.25) is 0 Å². The van der Waals surface area contributed by atoms with Crippen LogP contribution in [0.3, 0.4) is 0 Å². The minimum absolute atomic E-state index is 0.107. The van der Waals surface area contributed by atoms with Gasteiger partial charge in [0, 0.05) is 49.7 Å². The lowest BCUT2D eigenvalue weighted by Crippen LogP contribution is -2.54. The summed E-state index contributed by atoms with van der Waals surface area (Å²) in [6.07, 6.45) is -0.175. The Morgan fingerprint density at radius 2 is 1.86 bits per heavy atom. The number of hydrogen-bond donors (Lipinski definition) is 1. The van der Waals surface area contributed by atoms with Crippen LogP contribution in [0.1, 0.15) is 12.0 Å². The average molecular weight is 500 g/mol. The summed E-state index contributed by atoms with van der Waals surface area (Å²) < 4.78 is 39.5. The first-order valence-electron chi connectivity index (χ1n) is 11.6. The molecule has 1 aliphatic heterocycles. The van der Waals surface area contributed by atoms with Crippen LogP contribution in [0.5, 0.6) is 0 Å². The Labute approximate surface area is 206 Å². The Hall–Kier alpha value is -3.79. The number of nitrogens with one attached hydrogen (secondary N) is 1. The third kappa shape index (κ3) is 5.88. The van der Waals surface area contributed by atoms with Crippen molar-refractivity contribution in [1.29, 1.82) is 0 Å². The fourth-order valence-electron chi connectivity index (χ4n) is 4.50. The molecular formula is C26H27F2N3O5. The monoisotopic (exact) mass is 499 g/mol. The number of rotatable bonds is 7. The zero-order chi connectivity index (χ0) is 25.7. The van der Waals surface area contributed by atoms with Crippen LogP contribution in [0.25, 0.3) is 10.9 Å². The smallest absolute Gasteiger partial charge is 0.407 e. The average Bonchev–Trinajstić information content (AvgIpc) is 2.87. The molecule has 0 radical (unpaired) electrons. The molecule has 190 valence electrons. The van der Waals surface area contributed by atoms with Crippen molar-refractivity contribution in [2.75, 3.05) is 26.7 Å². The van der Waals surface area contributed by atoms with E-state index in [0.29, 0.717) is 19.5 Å². The van der Waals surface area contributed by atoms with Crippen LogP contribution in [0, 0.1) is 17.6 Å². The second kappa shape index (κ2) is 11.3. The summed E-state index contributed by atoms with van der Waals surface area (Å²) in [5, 5.41) is 2.92. The lowest BCUT2D eigenvalue weighted by atomic mass is 9.92. The molecule has 10 heteroatoms. The van der Waals surface area contributed by atoms with Crippen LogP contribution in [-0.2, 0) is 27.4 Å². The van der Waals surface area contributed by atoms with Crippen molar-refractivity contribution in [3.63, 3.8) is 0 Å². The predicted molar refractivity (Wildman–Crippen MR) is 128 cm³/mol. The number of methoxy groups -OCH3 is 1. The first kappa shape index (κ1) is 25.3. The van der Waals surface area contributed by atoms with Crippen molar-refractivity contribution in [2.24, 2.45) is 5.92 Å². The minimum Gasteiger partial charge on any atom is -0.469 e. The van der Waals surface area contributed by atoms with E-state index in [1.165, 1.54) is 23.8 Å². The third-order valence-electron chi connectivity index (χ3n) is 6.38. The summed E-state index contributed by atoms with van der Waals surface area (Å²) >= 11 is 0. The number of amides is 1. The zero-order valence-corrected chi connectivity index (χ0v) is 19.8. The number of carbonyl (C=O) groups excluding carboxylic acids is 2. The summed E-state index contributed by atoms with van der Waals surface area (Å²) in [7, 11) is 1.28. The van der Waals surface area contributed by atoms with Crippen molar-refractivity contribution in [2.45, 2.75) is 25.6 Å². The zero-order valence-electron chi connectivity index (χ0n) is 19.8. The SMILES string of the molecule is COC(=O)[C@@H]1CN(CCn2c(=O)ccc3c(F)cc(F)cc32)CC[C@H]1NC(=O)OCc1ccccc1. The molecule has 1 saturated heterocycles. The Kier molecular flexibility index (Phi) is 7.94. The number of alkyl carbamates (subject to hydrolysis) is 1. The third-order valence-corrected chi connectivity index (χ3v) is 6.38. The Balaban J connectivity index is 1.40. The molecule has 1 N–H and O–H groups in total. The molecule has 2 atom stereocenters. The number of fused-ring (bicyclic) bond motifs is 1. The highest BCUT2D eigenvalue weighted by Gasteiger charge is 2.36. The van der Waals surface area contributed by atoms with E-state index < -0.39 is 35.7 Å². The summed E-state index contributed by atoms with van der Waals surface area (Å²) in [5.41, 5.74) is 0.632.